The number of thioether (sulfide) groups is 1. The van der Waals surface area contributed by atoms with Gasteiger partial charge in [0.1, 0.15) is 42.4 Å². The number of aliphatic hydroxyl groups is 1. The van der Waals surface area contributed by atoms with Gasteiger partial charge >= 0.3 is 12.1 Å². The molecule has 552 valence electrons. The summed E-state index contributed by atoms with van der Waals surface area (Å²) in [5, 5.41) is 43.2. The highest BCUT2D eigenvalue weighted by Gasteiger charge is 2.59. The number of amides is 9. The van der Waals surface area contributed by atoms with Gasteiger partial charge < -0.3 is 68.5 Å². The number of rotatable bonds is 41. The molecule has 0 bridgehead atoms. The van der Waals surface area contributed by atoms with Gasteiger partial charge in [0.05, 0.1) is 25.2 Å². The SMILES string of the molecule is CSCC[C@H](NC(=O)[C@@H](NC(=O)[C@H](CC(C)C)NC(=O)[C@H](CC(C)C)NC(=O)CNC(=O)CNC(=O)[C@H](CC(C)C)NC(=O)[C@@H](N)CSSCCNC(=O)O[C@H]1CC[C@@]2(C)C(=CC[C@H]3[C@@H]4CC[C@H]([C@H](C)CCCC(C)C)[C@@]4(C)CC[C@@H]32)C1)[C@@H](C)O)C(=O)N[C@H](C(=O)C(=O)O)C(C)C. The average Bonchev–Trinajstić information content (AvgIpc) is 1.71. The van der Waals surface area contributed by atoms with E-state index >= 15 is 0 Å². The third kappa shape index (κ3) is 26.1. The number of aliphatic carboxylic acids is 1. The van der Waals surface area contributed by atoms with E-state index in [4.69, 9.17) is 10.5 Å². The Labute approximate surface area is 589 Å². The molecule has 97 heavy (non-hydrogen) atoms. The summed E-state index contributed by atoms with van der Waals surface area (Å²) in [6.07, 6.45) is 15.8. The zero-order valence-corrected chi connectivity index (χ0v) is 62.9. The third-order valence-corrected chi connectivity index (χ3v) is 23.4. The lowest BCUT2D eigenvalue weighted by Gasteiger charge is -2.58. The minimum atomic E-state index is -1.75. The van der Waals surface area contributed by atoms with Crippen molar-refractivity contribution in [2.24, 2.45) is 75.7 Å². The molecular formula is C70H120N10O14S3. The van der Waals surface area contributed by atoms with Crippen molar-refractivity contribution < 1.29 is 67.7 Å². The fraction of sp³-hybridized carbons (Fsp3) is 0.814. The molecule has 0 heterocycles. The number of ketones is 1. The molecule has 9 amide bonds. The molecule has 4 aliphatic rings. The summed E-state index contributed by atoms with van der Waals surface area (Å²) < 4.78 is 6.00. The lowest BCUT2D eigenvalue weighted by molar-refractivity contribution is -0.151. The number of nitrogens with two attached hydrogens (primary N) is 1. The number of carboxylic acids is 1. The summed E-state index contributed by atoms with van der Waals surface area (Å²) in [5.41, 5.74) is 8.35. The first-order valence-corrected chi connectivity index (χ1v) is 39.3. The van der Waals surface area contributed by atoms with Gasteiger partial charge in [0, 0.05) is 24.5 Å². The minimum Gasteiger partial charge on any atom is -0.475 e. The molecule has 0 saturated heterocycles. The van der Waals surface area contributed by atoms with Gasteiger partial charge in [0.25, 0.3) is 5.78 Å². The van der Waals surface area contributed by atoms with E-state index in [-0.39, 0.29) is 60.7 Å². The van der Waals surface area contributed by atoms with Gasteiger partial charge in [-0.05, 0) is 160 Å². The van der Waals surface area contributed by atoms with E-state index in [0.717, 1.165) is 55.3 Å². The number of carbonyl (C=O) groups excluding carboxylic acids is 10. The summed E-state index contributed by atoms with van der Waals surface area (Å²) in [5.74, 6) is -4.50. The molecule has 24 nitrogen and oxygen atoms in total. The van der Waals surface area contributed by atoms with E-state index in [9.17, 15) is 63.0 Å². The molecule has 4 rings (SSSR count). The zero-order chi connectivity index (χ0) is 72.6. The van der Waals surface area contributed by atoms with Crippen LogP contribution in [0.25, 0.3) is 0 Å². The van der Waals surface area contributed by atoms with E-state index in [0.29, 0.717) is 29.4 Å². The highest BCUT2D eigenvalue weighted by atomic mass is 33.1. The van der Waals surface area contributed by atoms with Crippen LogP contribution in [0.4, 0.5) is 4.79 Å². The van der Waals surface area contributed by atoms with Gasteiger partial charge in [-0.3, -0.25) is 43.2 Å². The molecular weight excluding hydrogens is 1300 g/mol. The molecule has 4 aliphatic carbocycles. The van der Waals surface area contributed by atoms with Gasteiger partial charge in [0.15, 0.2) is 0 Å². The summed E-state index contributed by atoms with van der Waals surface area (Å²) in [7, 11) is 2.81. The van der Waals surface area contributed by atoms with E-state index < -0.39 is 133 Å². The summed E-state index contributed by atoms with van der Waals surface area (Å²) >= 11 is 1.35. The normalized spacial score (nSPS) is 24.1. The number of allylic oxidation sites excluding steroid dienone is 1. The molecule has 0 unspecified atom stereocenters. The summed E-state index contributed by atoms with van der Waals surface area (Å²) in [6, 6.07) is -8.87. The van der Waals surface area contributed by atoms with Gasteiger partial charge in [0.2, 0.25) is 47.3 Å². The van der Waals surface area contributed by atoms with Crippen LogP contribution in [-0.4, -0.2) is 173 Å². The van der Waals surface area contributed by atoms with Crippen LogP contribution >= 0.6 is 33.3 Å². The quantitative estimate of drug-likeness (QED) is 0.0133. The van der Waals surface area contributed by atoms with Crippen molar-refractivity contribution >= 4 is 98.5 Å². The summed E-state index contributed by atoms with van der Waals surface area (Å²) in [6.45, 7) is 26.7. The molecule has 0 aromatic heterocycles. The highest BCUT2D eigenvalue weighted by molar-refractivity contribution is 8.76. The standard InChI is InChI=1S/C70H120N10O14S3/c1-38(2)17-16-18-43(11)48-21-22-49-47-20-19-45-34-46(23-26-69(45,13)50(47)24-27-70(48,49)14)94-68(93)72-28-30-96-97-37-51(71)61(85)77-53(31-39(3)4)62(86)74-35-56(82)73-36-57(83)75-54(32-40(5)6)64(88)78-55(33-41(7)8)65(89)80-59(44(12)81)66(90)76-52(25-29-95-15)63(87)79-58(42(9)10)60(84)67(91)92/h19,38-44,46-55,58-59,81H,16-18,20-37,71H2,1-15H3,(H,72,93)(H,73,82)(H,74,86)(H,75,83)(H,76,90)(H,77,85)(H,78,88)(H,79,87)(H,80,89)(H,91,92)/t43-,44-,46+,47+,48-,49+,50+,51+,52+,53+,54+,55+,58+,59+,69+,70-/m1/s1. The van der Waals surface area contributed by atoms with Crippen LogP contribution in [0.15, 0.2) is 11.6 Å². The first kappa shape index (κ1) is 84.3. The summed E-state index contributed by atoms with van der Waals surface area (Å²) in [4.78, 5) is 145. The fourth-order valence-corrected chi connectivity index (χ4v) is 17.7. The number of carbonyl (C=O) groups is 11. The molecule has 16 atom stereocenters. The van der Waals surface area contributed by atoms with Gasteiger partial charge in [-0.1, -0.05) is 143 Å². The van der Waals surface area contributed by atoms with Crippen LogP contribution in [0.2, 0.25) is 0 Å². The number of alkyl carbamates (subject to hydrolysis) is 1. The zero-order valence-electron chi connectivity index (χ0n) is 60.5. The second-order valence-electron chi connectivity index (χ2n) is 30.3. The number of Topliss-reactive ketones (excluding diaryl/α,β-unsaturated/α-hetero) is 1. The van der Waals surface area contributed by atoms with E-state index in [1.165, 1.54) is 90.8 Å². The Balaban J connectivity index is 1.20. The smallest absolute Gasteiger partial charge is 0.407 e. The second kappa shape index (κ2) is 40.4. The fourth-order valence-electron chi connectivity index (χ4n) is 15.2. The molecule has 0 aliphatic heterocycles. The van der Waals surface area contributed by atoms with Crippen molar-refractivity contribution in [3.05, 3.63) is 11.6 Å². The number of hydrogen-bond acceptors (Lipinski definition) is 17. The van der Waals surface area contributed by atoms with Crippen LogP contribution in [0, 0.1) is 70.0 Å². The van der Waals surface area contributed by atoms with Crippen molar-refractivity contribution in [3.63, 3.8) is 0 Å². The van der Waals surface area contributed by atoms with E-state index in [2.05, 4.69) is 88.5 Å². The Bertz CT molecular complexity index is 2700. The van der Waals surface area contributed by atoms with Gasteiger partial charge in [-0.2, -0.15) is 11.8 Å². The van der Waals surface area contributed by atoms with Gasteiger partial charge in [-0.25, -0.2) is 9.59 Å². The molecule has 3 fully saturated rings. The lowest BCUT2D eigenvalue weighted by Crippen LogP contribution is -2.61. The largest absolute Gasteiger partial charge is 0.475 e. The number of ether oxygens (including phenoxy) is 1. The Morgan fingerprint density at radius 2 is 1.18 bits per heavy atom. The third-order valence-electron chi connectivity index (χ3n) is 20.3. The van der Waals surface area contributed by atoms with Crippen molar-refractivity contribution in [1.29, 1.82) is 0 Å². The molecule has 3 saturated carbocycles. The maximum absolute atomic E-state index is 13.9. The average molecular weight is 1420 g/mol. The molecule has 0 aromatic rings. The Morgan fingerprint density at radius 1 is 0.598 bits per heavy atom. The predicted molar refractivity (Wildman–Crippen MR) is 382 cm³/mol. The first-order chi connectivity index (χ1) is 45.5. The highest BCUT2D eigenvalue weighted by Crippen LogP contribution is 2.67. The van der Waals surface area contributed by atoms with Crippen molar-refractivity contribution in [2.75, 3.05) is 43.1 Å². The predicted octanol–water partition coefficient (Wildman–Crippen LogP) is 6.55. The lowest BCUT2D eigenvalue weighted by atomic mass is 9.47. The molecule has 13 N–H and O–H groups in total. The van der Waals surface area contributed by atoms with Crippen molar-refractivity contribution in [1.82, 2.24) is 47.9 Å². The molecule has 0 radical (unpaired) electrons. The van der Waals surface area contributed by atoms with Crippen LogP contribution in [0.1, 0.15) is 193 Å². The Hall–Kier alpha value is -5.12. The van der Waals surface area contributed by atoms with Crippen LogP contribution in [0.5, 0.6) is 0 Å². The molecule has 0 spiro atoms. The molecule has 27 heteroatoms. The molecule has 0 aromatic carbocycles. The van der Waals surface area contributed by atoms with Crippen LogP contribution in [-0.2, 0) is 52.7 Å². The van der Waals surface area contributed by atoms with Crippen LogP contribution in [0.3, 0.4) is 0 Å². The number of aliphatic hydroxyl groups excluding tert-OH is 1. The maximum atomic E-state index is 13.9. The topological polar surface area (TPSA) is 372 Å². The number of fused-ring (bicyclic) bond motifs is 5. The minimum absolute atomic E-state index is 0.0408. The second-order valence-corrected chi connectivity index (χ2v) is 33.9. The van der Waals surface area contributed by atoms with E-state index in [1.807, 2.05) is 13.8 Å². The van der Waals surface area contributed by atoms with Gasteiger partial charge in [-0.15, -0.1) is 0 Å². The van der Waals surface area contributed by atoms with E-state index in [1.54, 1.807) is 47.8 Å². The Morgan fingerprint density at radius 3 is 1.77 bits per heavy atom. The Kier molecular flexibility index (Phi) is 35.1. The van der Waals surface area contributed by atoms with Crippen LogP contribution < -0.4 is 53.6 Å². The first-order valence-electron chi connectivity index (χ1n) is 35.5. The monoisotopic (exact) mass is 1420 g/mol. The number of carboxylic acid groups (broad SMARTS) is 1. The maximum Gasteiger partial charge on any atom is 0.407 e. The van der Waals surface area contributed by atoms with Crippen molar-refractivity contribution in [3.8, 4) is 0 Å². The number of hydrogen-bond donors (Lipinski definition) is 12. The van der Waals surface area contributed by atoms with Crippen molar-refractivity contribution in [2.45, 2.75) is 248 Å². The number of nitrogens with one attached hydrogen (secondary N) is 9.